The van der Waals surface area contributed by atoms with Gasteiger partial charge >= 0.3 is 0 Å². The summed E-state index contributed by atoms with van der Waals surface area (Å²) >= 11 is 3.73. The number of para-hydroxylation sites is 1. The number of hydrogen-bond donors (Lipinski definition) is 1. The fourth-order valence-corrected chi connectivity index (χ4v) is 5.18. The highest BCUT2D eigenvalue weighted by atomic mass is 79.9. The number of halogens is 1. The lowest BCUT2D eigenvalue weighted by atomic mass is 9.74. The molecular weight excluding hydrogens is 438 g/mol. The first kappa shape index (κ1) is 20.7. The van der Waals surface area contributed by atoms with Crippen molar-refractivity contribution in [3.63, 3.8) is 0 Å². The third kappa shape index (κ3) is 3.25. The molecule has 4 rings (SSSR count). The molecular formula is C25H28BrN3O. The summed E-state index contributed by atoms with van der Waals surface area (Å²) in [5, 5.41) is 3.31. The maximum absolute atomic E-state index is 12.5. The lowest BCUT2D eigenvalue weighted by Gasteiger charge is -2.49. The molecule has 0 aliphatic carbocycles. The molecule has 2 aromatic rings. The molecule has 1 amide bonds. The third-order valence-corrected chi connectivity index (χ3v) is 6.99. The van der Waals surface area contributed by atoms with E-state index >= 15 is 0 Å². The Hall–Kier alpha value is -2.53. The highest BCUT2D eigenvalue weighted by Crippen LogP contribution is 2.54. The molecule has 1 atom stereocenters. The fraction of sp³-hybridized carbons (Fsp3) is 0.320. The van der Waals surface area contributed by atoms with Crippen molar-refractivity contribution in [1.82, 2.24) is 5.32 Å². The van der Waals surface area contributed by atoms with Gasteiger partial charge in [0.1, 0.15) is 5.66 Å². The Morgan fingerprint density at radius 2 is 1.83 bits per heavy atom. The summed E-state index contributed by atoms with van der Waals surface area (Å²) in [4.78, 5) is 16.9. The van der Waals surface area contributed by atoms with Crippen LogP contribution in [0.5, 0.6) is 0 Å². The van der Waals surface area contributed by atoms with Gasteiger partial charge in [-0.25, -0.2) is 0 Å². The molecule has 0 aromatic heterocycles. The molecule has 2 aliphatic heterocycles. The molecule has 1 unspecified atom stereocenters. The smallest absolute Gasteiger partial charge is 0.223 e. The van der Waals surface area contributed by atoms with Crippen molar-refractivity contribution in [2.45, 2.75) is 31.3 Å². The molecule has 1 N–H and O–H groups in total. The summed E-state index contributed by atoms with van der Waals surface area (Å²) in [5.74, 6) is 0.0937. The molecule has 2 aromatic carbocycles. The molecule has 30 heavy (non-hydrogen) atoms. The van der Waals surface area contributed by atoms with E-state index in [1.807, 2.05) is 20.2 Å². The van der Waals surface area contributed by atoms with Gasteiger partial charge in [-0.05, 0) is 51.3 Å². The number of carbonyl (C=O) groups excluding carboxylic acids is 1. The highest BCUT2D eigenvalue weighted by Gasteiger charge is 2.58. The van der Waals surface area contributed by atoms with Crippen LogP contribution in [-0.4, -0.2) is 32.2 Å². The number of anilines is 2. The first-order valence-electron chi connectivity index (χ1n) is 10.3. The van der Waals surface area contributed by atoms with Gasteiger partial charge < -0.3 is 15.1 Å². The van der Waals surface area contributed by atoms with Gasteiger partial charge in [-0.15, -0.1) is 0 Å². The molecule has 0 bridgehead atoms. The lowest BCUT2D eigenvalue weighted by molar-refractivity contribution is -0.124. The molecule has 1 fully saturated rings. The maximum Gasteiger partial charge on any atom is 0.223 e. The quantitative estimate of drug-likeness (QED) is 0.637. The molecule has 2 heterocycles. The summed E-state index contributed by atoms with van der Waals surface area (Å²) in [6, 6.07) is 14.8. The SMILES string of the molecule is CN(C)c1ccc(/C=C/C=C/C23NC(=O)CCN2c2c(Br)cccc2C3(C)C)cc1. The fourth-order valence-electron chi connectivity index (χ4n) is 4.60. The number of fused-ring (bicyclic) bond motifs is 3. The van der Waals surface area contributed by atoms with Crippen LogP contribution in [0.3, 0.4) is 0 Å². The second kappa shape index (κ2) is 7.62. The second-order valence-electron chi connectivity index (χ2n) is 8.68. The van der Waals surface area contributed by atoms with Gasteiger partial charge in [-0.3, -0.25) is 4.79 Å². The van der Waals surface area contributed by atoms with Crippen LogP contribution >= 0.6 is 15.9 Å². The van der Waals surface area contributed by atoms with Gasteiger partial charge in [-0.1, -0.05) is 56.3 Å². The first-order chi connectivity index (χ1) is 14.3. The summed E-state index contributed by atoms with van der Waals surface area (Å²) in [7, 11) is 4.08. The van der Waals surface area contributed by atoms with Gasteiger partial charge in [0.15, 0.2) is 0 Å². The topological polar surface area (TPSA) is 35.6 Å². The predicted molar refractivity (Wildman–Crippen MR) is 129 cm³/mol. The number of rotatable bonds is 4. The van der Waals surface area contributed by atoms with E-state index < -0.39 is 5.66 Å². The Bertz CT molecular complexity index is 1020. The minimum Gasteiger partial charge on any atom is -0.378 e. The number of nitrogens with zero attached hydrogens (tertiary/aromatic N) is 2. The molecule has 5 heteroatoms. The number of amides is 1. The lowest BCUT2D eigenvalue weighted by Crippen LogP contribution is -2.68. The van der Waals surface area contributed by atoms with E-state index in [2.05, 4.69) is 106 Å². The van der Waals surface area contributed by atoms with Crippen LogP contribution in [0, 0.1) is 0 Å². The molecule has 0 saturated carbocycles. The van der Waals surface area contributed by atoms with E-state index in [0.717, 1.165) is 10.0 Å². The molecule has 0 spiro atoms. The van der Waals surface area contributed by atoms with Crippen LogP contribution in [0.2, 0.25) is 0 Å². The summed E-state index contributed by atoms with van der Waals surface area (Å²) in [6.45, 7) is 5.11. The Kier molecular flexibility index (Phi) is 5.27. The number of benzene rings is 2. The average molecular weight is 466 g/mol. The van der Waals surface area contributed by atoms with Crippen molar-refractivity contribution in [3.05, 3.63) is 76.3 Å². The molecule has 2 aliphatic rings. The third-order valence-electron chi connectivity index (χ3n) is 6.35. The standard InChI is InChI=1S/C25H28BrN3O/c1-24(2)20-9-7-10-21(26)23(20)29-17-15-22(30)27-25(24,29)16-6-5-8-18-11-13-19(14-12-18)28(3)4/h5-14,16H,15,17H2,1-4H3,(H,27,30)/b8-5+,16-6+. The van der Waals surface area contributed by atoms with E-state index in [1.165, 1.54) is 16.9 Å². The monoisotopic (exact) mass is 465 g/mol. The Morgan fingerprint density at radius 3 is 2.53 bits per heavy atom. The first-order valence-corrected chi connectivity index (χ1v) is 11.1. The second-order valence-corrected chi connectivity index (χ2v) is 9.54. The van der Waals surface area contributed by atoms with Crippen LogP contribution in [0.25, 0.3) is 6.08 Å². The average Bonchev–Trinajstić information content (AvgIpc) is 2.90. The summed E-state index contributed by atoms with van der Waals surface area (Å²) in [6.07, 6.45) is 8.83. The van der Waals surface area contributed by atoms with Crippen molar-refractivity contribution in [2.75, 3.05) is 30.4 Å². The van der Waals surface area contributed by atoms with Crippen LogP contribution in [-0.2, 0) is 10.2 Å². The van der Waals surface area contributed by atoms with Crippen molar-refractivity contribution >= 4 is 39.3 Å². The summed E-state index contributed by atoms with van der Waals surface area (Å²) in [5.41, 5.74) is 3.87. The highest BCUT2D eigenvalue weighted by molar-refractivity contribution is 9.10. The Labute approximate surface area is 187 Å². The van der Waals surface area contributed by atoms with Crippen molar-refractivity contribution < 1.29 is 4.79 Å². The van der Waals surface area contributed by atoms with Crippen LogP contribution in [0.4, 0.5) is 11.4 Å². The molecule has 1 saturated heterocycles. The van der Waals surface area contributed by atoms with Gasteiger partial charge in [-0.2, -0.15) is 0 Å². The van der Waals surface area contributed by atoms with Gasteiger partial charge in [0.05, 0.1) is 5.69 Å². The van der Waals surface area contributed by atoms with E-state index in [0.29, 0.717) is 13.0 Å². The molecule has 4 nitrogen and oxygen atoms in total. The minimum absolute atomic E-state index is 0.0937. The zero-order valence-electron chi connectivity index (χ0n) is 17.9. The van der Waals surface area contributed by atoms with E-state index in [9.17, 15) is 4.79 Å². The zero-order valence-corrected chi connectivity index (χ0v) is 19.5. The number of nitrogens with one attached hydrogen (secondary N) is 1. The van der Waals surface area contributed by atoms with Gasteiger partial charge in [0.25, 0.3) is 0 Å². The van der Waals surface area contributed by atoms with E-state index in [4.69, 9.17) is 0 Å². The van der Waals surface area contributed by atoms with Gasteiger partial charge in [0, 0.05) is 42.6 Å². The zero-order chi connectivity index (χ0) is 21.5. The largest absolute Gasteiger partial charge is 0.378 e. The van der Waals surface area contributed by atoms with Crippen molar-refractivity contribution in [2.24, 2.45) is 0 Å². The molecule has 156 valence electrons. The van der Waals surface area contributed by atoms with Crippen LogP contribution < -0.4 is 15.1 Å². The number of carbonyl (C=O) groups is 1. The van der Waals surface area contributed by atoms with Crippen molar-refractivity contribution in [1.29, 1.82) is 0 Å². The van der Waals surface area contributed by atoms with Gasteiger partial charge in [0.2, 0.25) is 5.91 Å². The maximum atomic E-state index is 12.5. The predicted octanol–water partition coefficient (Wildman–Crippen LogP) is 5.10. The Balaban J connectivity index is 1.67. The normalized spacial score (nSPS) is 22.3. The number of allylic oxidation sites excluding steroid dienone is 2. The molecule has 0 radical (unpaired) electrons. The van der Waals surface area contributed by atoms with E-state index in [1.54, 1.807) is 0 Å². The minimum atomic E-state index is -0.590. The number of hydrogen-bond acceptors (Lipinski definition) is 3. The Morgan fingerprint density at radius 1 is 1.10 bits per heavy atom. The van der Waals surface area contributed by atoms with E-state index in [-0.39, 0.29) is 11.3 Å². The van der Waals surface area contributed by atoms with Crippen LogP contribution in [0.1, 0.15) is 31.4 Å². The van der Waals surface area contributed by atoms with Crippen molar-refractivity contribution in [3.8, 4) is 0 Å². The van der Waals surface area contributed by atoms with Crippen LogP contribution in [0.15, 0.2) is 65.2 Å². The summed E-state index contributed by atoms with van der Waals surface area (Å²) < 4.78 is 1.07.